The maximum absolute atomic E-state index is 12.5. The molecule has 0 unspecified atom stereocenters. The molecule has 0 radical (unpaired) electrons. The lowest BCUT2D eigenvalue weighted by atomic mass is 10.2. The summed E-state index contributed by atoms with van der Waals surface area (Å²) in [5.41, 5.74) is 2.35. The molecule has 2 aromatic carbocycles. The van der Waals surface area contributed by atoms with E-state index in [0.29, 0.717) is 19.5 Å². The van der Waals surface area contributed by atoms with E-state index in [9.17, 15) is 8.42 Å². The van der Waals surface area contributed by atoms with Crippen molar-refractivity contribution in [1.82, 2.24) is 9.21 Å². The smallest absolute Gasteiger partial charge is 0.214 e. The minimum atomic E-state index is -3.17. The van der Waals surface area contributed by atoms with Crippen LogP contribution in [0.15, 0.2) is 60.7 Å². The molecule has 2 aromatic rings. The number of aryl methyl sites for hydroxylation is 1. The van der Waals surface area contributed by atoms with E-state index < -0.39 is 10.0 Å². The Kier molecular flexibility index (Phi) is 5.66. The fraction of sp³-hybridized carbons (Fsp3) is 0.368. The van der Waals surface area contributed by atoms with Gasteiger partial charge in [-0.1, -0.05) is 60.7 Å². The predicted octanol–water partition coefficient (Wildman–Crippen LogP) is 2.38. The van der Waals surface area contributed by atoms with Gasteiger partial charge in [-0.3, -0.25) is 4.90 Å². The molecule has 1 aliphatic rings. The van der Waals surface area contributed by atoms with Crippen LogP contribution in [0.2, 0.25) is 0 Å². The van der Waals surface area contributed by atoms with Crippen molar-refractivity contribution in [3.05, 3.63) is 71.8 Å². The second-order valence-electron chi connectivity index (χ2n) is 6.21. The number of piperazine rings is 1. The minimum absolute atomic E-state index is 0.190. The van der Waals surface area contributed by atoms with Crippen LogP contribution < -0.4 is 0 Å². The summed E-state index contributed by atoms with van der Waals surface area (Å²) in [6.45, 7) is 3.64. The van der Waals surface area contributed by atoms with Crippen molar-refractivity contribution >= 4 is 10.0 Å². The molecular weight excluding hydrogens is 320 g/mol. The SMILES string of the molecule is O=S(=O)(CCc1ccccc1)N1CCN(Cc2ccccc2)CC1. The third-order valence-electron chi connectivity index (χ3n) is 4.47. The molecule has 0 spiro atoms. The highest BCUT2D eigenvalue weighted by Gasteiger charge is 2.26. The van der Waals surface area contributed by atoms with Gasteiger partial charge in [0, 0.05) is 32.7 Å². The molecule has 5 heteroatoms. The lowest BCUT2D eigenvalue weighted by Crippen LogP contribution is -2.48. The molecule has 0 amide bonds. The van der Waals surface area contributed by atoms with E-state index in [4.69, 9.17) is 0 Å². The van der Waals surface area contributed by atoms with E-state index in [1.54, 1.807) is 4.31 Å². The Bertz CT molecular complexity index is 724. The summed E-state index contributed by atoms with van der Waals surface area (Å²) < 4.78 is 26.7. The number of nitrogens with zero attached hydrogens (tertiary/aromatic N) is 2. The molecule has 0 saturated carbocycles. The molecule has 0 atom stereocenters. The number of hydrogen-bond donors (Lipinski definition) is 0. The molecule has 0 aromatic heterocycles. The first-order valence-corrected chi connectivity index (χ1v) is 10.0. The minimum Gasteiger partial charge on any atom is -0.296 e. The van der Waals surface area contributed by atoms with Gasteiger partial charge in [0.15, 0.2) is 0 Å². The zero-order chi connectivity index (χ0) is 16.8. The number of sulfonamides is 1. The fourth-order valence-electron chi connectivity index (χ4n) is 3.03. The van der Waals surface area contributed by atoms with Crippen molar-refractivity contribution in [2.75, 3.05) is 31.9 Å². The van der Waals surface area contributed by atoms with Gasteiger partial charge in [-0.25, -0.2) is 8.42 Å². The summed E-state index contributed by atoms with van der Waals surface area (Å²) in [6.07, 6.45) is 0.577. The summed E-state index contributed by atoms with van der Waals surface area (Å²) in [6, 6.07) is 20.1. The lowest BCUT2D eigenvalue weighted by Gasteiger charge is -2.34. The molecule has 1 aliphatic heterocycles. The summed E-state index contributed by atoms with van der Waals surface area (Å²) in [4.78, 5) is 2.32. The Labute approximate surface area is 144 Å². The van der Waals surface area contributed by atoms with Crippen molar-refractivity contribution in [3.63, 3.8) is 0 Å². The van der Waals surface area contributed by atoms with Crippen LogP contribution in [0, 0.1) is 0 Å². The monoisotopic (exact) mass is 344 g/mol. The van der Waals surface area contributed by atoms with E-state index in [-0.39, 0.29) is 5.75 Å². The second-order valence-corrected chi connectivity index (χ2v) is 8.30. The average molecular weight is 344 g/mol. The number of hydrogen-bond acceptors (Lipinski definition) is 3. The van der Waals surface area contributed by atoms with Crippen molar-refractivity contribution in [2.24, 2.45) is 0 Å². The van der Waals surface area contributed by atoms with E-state index in [2.05, 4.69) is 17.0 Å². The van der Waals surface area contributed by atoms with Crippen molar-refractivity contribution < 1.29 is 8.42 Å². The Hall–Kier alpha value is -1.69. The van der Waals surface area contributed by atoms with Gasteiger partial charge in [0.25, 0.3) is 0 Å². The van der Waals surface area contributed by atoms with E-state index in [1.807, 2.05) is 48.5 Å². The van der Waals surface area contributed by atoms with E-state index in [1.165, 1.54) is 5.56 Å². The standard InChI is InChI=1S/C19H24N2O2S/c22-24(23,16-11-18-7-3-1-4-8-18)21-14-12-20(13-15-21)17-19-9-5-2-6-10-19/h1-10H,11-17H2. The highest BCUT2D eigenvalue weighted by atomic mass is 32.2. The summed E-state index contributed by atoms with van der Waals surface area (Å²) in [5, 5.41) is 0. The van der Waals surface area contributed by atoms with Gasteiger partial charge in [0.2, 0.25) is 10.0 Å². The largest absolute Gasteiger partial charge is 0.296 e. The van der Waals surface area contributed by atoms with Crippen LogP contribution in [0.25, 0.3) is 0 Å². The Morgan fingerprint density at radius 1 is 0.750 bits per heavy atom. The van der Waals surface area contributed by atoms with Gasteiger partial charge in [-0.2, -0.15) is 4.31 Å². The van der Waals surface area contributed by atoms with Gasteiger partial charge < -0.3 is 0 Å². The first-order chi connectivity index (χ1) is 11.6. The van der Waals surface area contributed by atoms with Crippen LogP contribution in [0.3, 0.4) is 0 Å². The molecule has 1 fully saturated rings. The summed E-state index contributed by atoms with van der Waals surface area (Å²) in [5.74, 6) is 0.190. The van der Waals surface area contributed by atoms with Crippen molar-refractivity contribution in [1.29, 1.82) is 0 Å². The van der Waals surface area contributed by atoms with Crippen LogP contribution in [0.1, 0.15) is 11.1 Å². The van der Waals surface area contributed by atoms with Crippen molar-refractivity contribution in [3.8, 4) is 0 Å². The molecule has 0 bridgehead atoms. The fourth-order valence-corrected chi connectivity index (χ4v) is 4.50. The first kappa shape index (κ1) is 17.1. The molecule has 0 N–H and O–H groups in total. The zero-order valence-electron chi connectivity index (χ0n) is 13.8. The Morgan fingerprint density at radius 3 is 1.88 bits per heavy atom. The molecule has 3 rings (SSSR count). The molecule has 4 nitrogen and oxygen atoms in total. The van der Waals surface area contributed by atoms with Crippen LogP contribution in [-0.2, 0) is 23.0 Å². The number of benzene rings is 2. The maximum atomic E-state index is 12.5. The topological polar surface area (TPSA) is 40.6 Å². The normalized spacial score (nSPS) is 17.0. The zero-order valence-corrected chi connectivity index (χ0v) is 14.7. The van der Waals surface area contributed by atoms with Gasteiger partial charge in [-0.15, -0.1) is 0 Å². The predicted molar refractivity (Wildman–Crippen MR) is 97.2 cm³/mol. The average Bonchev–Trinajstić information content (AvgIpc) is 2.62. The Balaban J connectivity index is 1.50. The highest BCUT2D eigenvalue weighted by Crippen LogP contribution is 2.13. The maximum Gasteiger partial charge on any atom is 0.214 e. The quantitative estimate of drug-likeness (QED) is 0.808. The number of rotatable bonds is 6. The molecule has 1 heterocycles. The van der Waals surface area contributed by atoms with Crippen LogP contribution in [-0.4, -0.2) is 49.6 Å². The van der Waals surface area contributed by atoms with Crippen LogP contribution in [0.4, 0.5) is 0 Å². The Morgan fingerprint density at radius 2 is 1.29 bits per heavy atom. The van der Waals surface area contributed by atoms with Gasteiger partial charge in [0.1, 0.15) is 0 Å². The summed E-state index contributed by atoms with van der Waals surface area (Å²) >= 11 is 0. The molecule has 1 saturated heterocycles. The van der Waals surface area contributed by atoms with Gasteiger partial charge in [0.05, 0.1) is 5.75 Å². The lowest BCUT2D eigenvalue weighted by molar-refractivity contribution is 0.181. The van der Waals surface area contributed by atoms with E-state index >= 15 is 0 Å². The summed E-state index contributed by atoms with van der Waals surface area (Å²) in [7, 11) is -3.17. The van der Waals surface area contributed by atoms with Crippen LogP contribution in [0.5, 0.6) is 0 Å². The molecule has 0 aliphatic carbocycles. The van der Waals surface area contributed by atoms with E-state index in [0.717, 1.165) is 25.2 Å². The molecule has 128 valence electrons. The third-order valence-corrected chi connectivity index (χ3v) is 6.34. The van der Waals surface area contributed by atoms with Crippen LogP contribution >= 0.6 is 0 Å². The molecular formula is C19H24N2O2S. The highest BCUT2D eigenvalue weighted by molar-refractivity contribution is 7.89. The van der Waals surface area contributed by atoms with Gasteiger partial charge in [-0.05, 0) is 17.5 Å². The van der Waals surface area contributed by atoms with Crippen molar-refractivity contribution in [2.45, 2.75) is 13.0 Å². The first-order valence-electron chi connectivity index (χ1n) is 8.41. The third kappa shape index (κ3) is 4.66. The second kappa shape index (κ2) is 7.92. The van der Waals surface area contributed by atoms with Gasteiger partial charge >= 0.3 is 0 Å². The molecule has 24 heavy (non-hydrogen) atoms.